The van der Waals surface area contributed by atoms with E-state index < -0.39 is 0 Å². The fraction of sp³-hybridized carbons (Fsp3) is 0.800. The van der Waals surface area contributed by atoms with Gasteiger partial charge in [0.2, 0.25) is 0 Å². The number of nitrogens with one attached hydrogen (secondary N) is 1. The van der Waals surface area contributed by atoms with Crippen LogP contribution in [0.3, 0.4) is 0 Å². The molecule has 2 bridgehead atoms. The van der Waals surface area contributed by atoms with Crippen molar-refractivity contribution < 1.29 is 0 Å². The molecule has 4 heterocycles. The Kier molecular flexibility index (Phi) is 4.71. The fourth-order valence-electron chi connectivity index (χ4n) is 3.19. The molecule has 1 aromatic heterocycles. The summed E-state index contributed by atoms with van der Waals surface area (Å²) in [5, 5.41) is 4.87. The van der Waals surface area contributed by atoms with Crippen molar-refractivity contribution in [2.24, 2.45) is 0 Å². The van der Waals surface area contributed by atoms with Gasteiger partial charge >= 0.3 is 0 Å². The van der Waals surface area contributed by atoms with Crippen LogP contribution in [0.2, 0.25) is 0 Å². The largest absolute Gasteiger partial charge is 0.312 e. The summed E-state index contributed by atoms with van der Waals surface area (Å²) < 4.78 is 0. The van der Waals surface area contributed by atoms with Gasteiger partial charge in [-0.3, -0.25) is 9.80 Å². The zero-order valence-electron chi connectivity index (χ0n) is 12.7. The second kappa shape index (κ2) is 6.52. The van der Waals surface area contributed by atoms with Gasteiger partial charge in [0.1, 0.15) is 5.01 Å². The number of rotatable bonds is 6. The Hall–Kier alpha value is -0.490. The first-order valence-electron chi connectivity index (χ1n) is 7.97. The number of piperazine rings is 3. The molecule has 1 unspecified atom stereocenters. The standard InChI is InChI=1S/C15H26N4S/c1-3-5-16-10-14-12(4-2)17-15(20-14)13-11-18-6-8-19(13)9-7-18/h13,16H,3-11H2,1-2H3. The molecular weight excluding hydrogens is 268 g/mol. The Morgan fingerprint density at radius 1 is 1.25 bits per heavy atom. The first-order valence-corrected chi connectivity index (χ1v) is 8.79. The summed E-state index contributed by atoms with van der Waals surface area (Å²) in [6.45, 7) is 12.6. The maximum absolute atomic E-state index is 4.96. The number of aryl methyl sites for hydroxylation is 1. The highest BCUT2D eigenvalue weighted by molar-refractivity contribution is 7.11. The number of hydrogen-bond acceptors (Lipinski definition) is 5. The number of hydrogen-bond donors (Lipinski definition) is 1. The molecule has 0 aliphatic carbocycles. The lowest BCUT2D eigenvalue weighted by molar-refractivity contribution is 0.0122. The molecule has 3 fully saturated rings. The number of aromatic nitrogens is 1. The Morgan fingerprint density at radius 3 is 2.65 bits per heavy atom. The van der Waals surface area contributed by atoms with Crippen LogP contribution >= 0.6 is 11.3 Å². The molecule has 4 rings (SSSR count). The van der Waals surface area contributed by atoms with Crippen LogP contribution in [0.15, 0.2) is 0 Å². The van der Waals surface area contributed by atoms with Gasteiger partial charge in [-0.1, -0.05) is 13.8 Å². The summed E-state index contributed by atoms with van der Waals surface area (Å²) in [4.78, 5) is 11.6. The van der Waals surface area contributed by atoms with Gasteiger partial charge in [-0.25, -0.2) is 4.98 Å². The van der Waals surface area contributed by atoms with E-state index in [0.29, 0.717) is 6.04 Å². The zero-order valence-corrected chi connectivity index (χ0v) is 13.5. The van der Waals surface area contributed by atoms with Crippen LogP contribution in [0.1, 0.15) is 41.9 Å². The Balaban J connectivity index is 1.73. The third-order valence-corrected chi connectivity index (χ3v) is 5.60. The molecule has 0 aromatic carbocycles. The van der Waals surface area contributed by atoms with Gasteiger partial charge in [0.25, 0.3) is 0 Å². The van der Waals surface area contributed by atoms with E-state index in [1.165, 1.54) is 54.7 Å². The molecule has 5 heteroatoms. The van der Waals surface area contributed by atoms with Gasteiger partial charge in [-0.2, -0.15) is 0 Å². The number of fused-ring (bicyclic) bond motifs is 3. The van der Waals surface area contributed by atoms with Gasteiger partial charge in [-0.05, 0) is 19.4 Å². The van der Waals surface area contributed by atoms with Crippen molar-refractivity contribution in [1.82, 2.24) is 20.1 Å². The van der Waals surface area contributed by atoms with Crippen molar-refractivity contribution in [1.29, 1.82) is 0 Å². The molecule has 1 N–H and O–H groups in total. The molecule has 0 spiro atoms. The minimum Gasteiger partial charge on any atom is -0.312 e. The first kappa shape index (κ1) is 14.4. The maximum Gasteiger partial charge on any atom is 0.112 e. The molecule has 3 saturated heterocycles. The SMILES string of the molecule is CCCNCc1sc(C2CN3CCN2CC3)nc1CC. The van der Waals surface area contributed by atoms with Crippen LogP contribution in [-0.4, -0.2) is 54.1 Å². The van der Waals surface area contributed by atoms with Crippen LogP contribution in [0.4, 0.5) is 0 Å². The van der Waals surface area contributed by atoms with E-state index in [9.17, 15) is 0 Å². The lowest BCUT2D eigenvalue weighted by Gasteiger charge is -2.46. The topological polar surface area (TPSA) is 31.4 Å². The minimum absolute atomic E-state index is 0.549. The third kappa shape index (κ3) is 2.91. The van der Waals surface area contributed by atoms with Crippen LogP contribution in [0, 0.1) is 0 Å². The summed E-state index contributed by atoms with van der Waals surface area (Å²) in [6.07, 6.45) is 2.24. The average molecular weight is 294 g/mol. The highest BCUT2D eigenvalue weighted by Crippen LogP contribution is 2.33. The summed E-state index contributed by atoms with van der Waals surface area (Å²) in [5.41, 5.74) is 1.31. The number of nitrogens with zero attached hydrogens (tertiary/aromatic N) is 3. The minimum atomic E-state index is 0.549. The second-order valence-electron chi connectivity index (χ2n) is 5.80. The average Bonchev–Trinajstić information content (AvgIpc) is 2.92. The Morgan fingerprint density at radius 2 is 2.05 bits per heavy atom. The second-order valence-corrected chi connectivity index (χ2v) is 6.92. The van der Waals surface area contributed by atoms with Gasteiger partial charge in [0, 0.05) is 44.1 Å². The molecular formula is C15H26N4S. The van der Waals surface area contributed by atoms with Gasteiger partial charge in [0.05, 0.1) is 11.7 Å². The van der Waals surface area contributed by atoms with E-state index in [4.69, 9.17) is 4.98 Å². The van der Waals surface area contributed by atoms with Gasteiger partial charge < -0.3 is 5.32 Å². The third-order valence-electron chi connectivity index (χ3n) is 4.41. The molecule has 0 saturated carbocycles. The van der Waals surface area contributed by atoms with E-state index in [1.54, 1.807) is 0 Å². The molecule has 1 aromatic rings. The molecule has 0 radical (unpaired) electrons. The predicted octanol–water partition coefficient (Wildman–Crippen LogP) is 1.88. The quantitative estimate of drug-likeness (QED) is 0.812. The summed E-state index contributed by atoms with van der Waals surface area (Å²) in [7, 11) is 0. The Bertz CT molecular complexity index is 437. The van der Waals surface area contributed by atoms with Gasteiger partial charge in [-0.15, -0.1) is 11.3 Å². The smallest absolute Gasteiger partial charge is 0.112 e. The van der Waals surface area contributed by atoms with E-state index in [-0.39, 0.29) is 0 Å². The zero-order chi connectivity index (χ0) is 13.9. The maximum atomic E-state index is 4.96. The summed E-state index contributed by atoms with van der Waals surface area (Å²) in [5.74, 6) is 0. The van der Waals surface area contributed by atoms with E-state index in [1.807, 2.05) is 11.3 Å². The van der Waals surface area contributed by atoms with E-state index >= 15 is 0 Å². The fourth-order valence-corrected chi connectivity index (χ4v) is 4.44. The Labute approximate surface area is 126 Å². The molecule has 3 aliphatic rings. The van der Waals surface area contributed by atoms with Crippen molar-refractivity contribution >= 4 is 11.3 Å². The lowest BCUT2D eigenvalue weighted by Crippen LogP contribution is -2.56. The summed E-state index contributed by atoms with van der Waals surface area (Å²) >= 11 is 1.94. The van der Waals surface area contributed by atoms with Gasteiger partial charge in [0.15, 0.2) is 0 Å². The lowest BCUT2D eigenvalue weighted by atomic mass is 10.1. The van der Waals surface area contributed by atoms with Crippen molar-refractivity contribution in [3.8, 4) is 0 Å². The van der Waals surface area contributed by atoms with Crippen LogP contribution in [0.5, 0.6) is 0 Å². The molecule has 20 heavy (non-hydrogen) atoms. The monoisotopic (exact) mass is 294 g/mol. The highest BCUT2D eigenvalue weighted by Gasteiger charge is 2.34. The van der Waals surface area contributed by atoms with E-state index in [2.05, 4.69) is 29.0 Å². The highest BCUT2D eigenvalue weighted by atomic mass is 32.1. The van der Waals surface area contributed by atoms with Crippen LogP contribution < -0.4 is 5.32 Å². The first-order chi connectivity index (χ1) is 9.81. The molecule has 0 amide bonds. The van der Waals surface area contributed by atoms with Crippen molar-refractivity contribution in [2.45, 2.75) is 39.3 Å². The summed E-state index contributed by atoms with van der Waals surface area (Å²) in [6, 6.07) is 0.549. The molecule has 4 nitrogen and oxygen atoms in total. The van der Waals surface area contributed by atoms with E-state index in [0.717, 1.165) is 19.5 Å². The molecule has 112 valence electrons. The predicted molar refractivity (Wildman–Crippen MR) is 84.2 cm³/mol. The van der Waals surface area contributed by atoms with Crippen molar-refractivity contribution in [3.05, 3.63) is 15.6 Å². The van der Waals surface area contributed by atoms with Crippen LogP contribution in [0.25, 0.3) is 0 Å². The molecule has 1 atom stereocenters. The van der Waals surface area contributed by atoms with Crippen molar-refractivity contribution in [3.63, 3.8) is 0 Å². The van der Waals surface area contributed by atoms with Crippen molar-refractivity contribution in [2.75, 3.05) is 39.3 Å². The normalized spacial score (nSPS) is 29.0. The number of thiazole rings is 1. The van der Waals surface area contributed by atoms with Crippen LogP contribution in [-0.2, 0) is 13.0 Å². The molecule has 3 aliphatic heterocycles.